The molecule has 2 rings (SSSR count). The van der Waals surface area contributed by atoms with E-state index in [4.69, 9.17) is 5.73 Å². The minimum absolute atomic E-state index is 0.447. The number of rotatable bonds is 5. The van der Waals surface area contributed by atoms with Crippen LogP contribution in [0.5, 0.6) is 0 Å². The van der Waals surface area contributed by atoms with Crippen LogP contribution < -0.4 is 5.73 Å². The maximum atomic E-state index is 6.12. The summed E-state index contributed by atoms with van der Waals surface area (Å²) < 4.78 is 1.20. The minimum atomic E-state index is 0.447. The second-order valence-corrected chi connectivity index (χ2v) is 6.32. The first-order chi connectivity index (χ1) is 9.27. The van der Waals surface area contributed by atoms with Crippen LogP contribution in [0.4, 0.5) is 0 Å². The fourth-order valence-corrected chi connectivity index (χ4v) is 3.88. The first kappa shape index (κ1) is 15.0. The van der Waals surface area contributed by atoms with Crippen molar-refractivity contribution in [3.8, 4) is 0 Å². The van der Waals surface area contributed by atoms with Gasteiger partial charge in [0.2, 0.25) is 0 Å². The standard InChI is InChI=1S/C16H25BrN2/c1-2-10-19-11-6-5-9-16(19)14(12-18)13-7-3-4-8-15(13)17/h3-4,7-8,14,16H,2,5-6,9-12,18H2,1H3. The summed E-state index contributed by atoms with van der Waals surface area (Å²) in [6.45, 7) is 5.43. The van der Waals surface area contributed by atoms with Crippen molar-refractivity contribution in [2.45, 2.75) is 44.6 Å². The molecule has 2 atom stereocenters. The van der Waals surface area contributed by atoms with Gasteiger partial charge in [-0.2, -0.15) is 0 Å². The van der Waals surface area contributed by atoms with Gasteiger partial charge in [0.25, 0.3) is 0 Å². The Hall–Kier alpha value is -0.380. The molecule has 0 radical (unpaired) electrons. The molecule has 0 amide bonds. The molecular weight excluding hydrogens is 300 g/mol. The maximum absolute atomic E-state index is 6.12. The quantitative estimate of drug-likeness (QED) is 0.893. The number of piperidine rings is 1. The third-order valence-electron chi connectivity index (χ3n) is 4.20. The van der Waals surface area contributed by atoms with E-state index in [0.29, 0.717) is 12.0 Å². The molecule has 19 heavy (non-hydrogen) atoms. The fourth-order valence-electron chi connectivity index (χ4n) is 3.30. The molecule has 1 aliphatic heterocycles. The lowest BCUT2D eigenvalue weighted by molar-refractivity contribution is 0.126. The predicted molar refractivity (Wildman–Crippen MR) is 85.4 cm³/mol. The summed E-state index contributed by atoms with van der Waals surface area (Å²) in [5.74, 6) is 0.447. The van der Waals surface area contributed by atoms with Gasteiger partial charge in [0.05, 0.1) is 0 Å². The van der Waals surface area contributed by atoms with Gasteiger partial charge < -0.3 is 5.73 Å². The van der Waals surface area contributed by atoms with E-state index in [9.17, 15) is 0 Å². The van der Waals surface area contributed by atoms with Crippen LogP contribution >= 0.6 is 15.9 Å². The SMILES string of the molecule is CCCN1CCCCC1C(CN)c1ccccc1Br. The number of hydrogen-bond donors (Lipinski definition) is 1. The molecule has 1 saturated heterocycles. The molecule has 1 aromatic carbocycles. The van der Waals surface area contributed by atoms with Gasteiger partial charge in [-0.05, 0) is 44.0 Å². The van der Waals surface area contributed by atoms with Gasteiger partial charge in [-0.1, -0.05) is 47.5 Å². The molecule has 0 saturated carbocycles. The molecule has 2 N–H and O–H groups in total. The van der Waals surface area contributed by atoms with Crippen LogP contribution in [-0.2, 0) is 0 Å². The Balaban J connectivity index is 2.22. The van der Waals surface area contributed by atoms with E-state index in [2.05, 4.69) is 52.0 Å². The van der Waals surface area contributed by atoms with Crippen molar-refractivity contribution < 1.29 is 0 Å². The lowest BCUT2D eigenvalue weighted by Gasteiger charge is -2.40. The molecule has 1 heterocycles. The van der Waals surface area contributed by atoms with Crippen molar-refractivity contribution in [3.63, 3.8) is 0 Å². The highest BCUT2D eigenvalue weighted by Gasteiger charge is 2.30. The molecule has 0 aliphatic carbocycles. The van der Waals surface area contributed by atoms with Crippen molar-refractivity contribution in [1.29, 1.82) is 0 Å². The number of likely N-dealkylation sites (tertiary alicyclic amines) is 1. The largest absolute Gasteiger partial charge is 0.330 e. The number of nitrogens with zero attached hydrogens (tertiary/aromatic N) is 1. The molecule has 2 nitrogen and oxygen atoms in total. The first-order valence-corrected chi connectivity index (χ1v) is 8.25. The Morgan fingerprint density at radius 1 is 1.37 bits per heavy atom. The summed E-state index contributed by atoms with van der Waals surface area (Å²) in [5, 5.41) is 0. The molecule has 0 spiro atoms. The zero-order valence-corrected chi connectivity index (χ0v) is 13.4. The third kappa shape index (κ3) is 3.59. The molecule has 1 aliphatic rings. The van der Waals surface area contributed by atoms with Gasteiger partial charge >= 0.3 is 0 Å². The van der Waals surface area contributed by atoms with Crippen molar-refractivity contribution in [2.24, 2.45) is 5.73 Å². The van der Waals surface area contributed by atoms with E-state index in [1.165, 1.54) is 48.8 Å². The molecule has 106 valence electrons. The second kappa shape index (κ2) is 7.41. The summed E-state index contributed by atoms with van der Waals surface area (Å²) in [7, 11) is 0. The van der Waals surface area contributed by atoms with Gasteiger partial charge in [0.1, 0.15) is 0 Å². The molecule has 1 fully saturated rings. The van der Waals surface area contributed by atoms with Gasteiger partial charge in [-0.15, -0.1) is 0 Å². The highest BCUT2D eigenvalue weighted by Crippen LogP contribution is 2.33. The van der Waals surface area contributed by atoms with Crippen molar-refractivity contribution in [3.05, 3.63) is 34.3 Å². The van der Waals surface area contributed by atoms with E-state index < -0.39 is 0 Å². The Morgan fingerprint density at radius 2 is 2.16 bits per heavy atom. The number of nitrogens with two attached hydrogens (primary N) is 1. The summed E-state index contributed by atoms with van der Waals surface area (Å²) in [5.41, 5.74) is 7.49. The van der Waals surface area contributed by atoms with Crippen LogP contribution in [0.2, 0.25) is 0 Å². The average molecular weight is 325 g/mol. The third-order valence-corrected chi connectivity index (χ3v) is 4.92. The van der Waals surface area contributed by atoms with Gasteiger partial charge in [0, 0.05) is 23.0 Å². The summed E-state index contributed by atoms with van der Waals surface area (Å²) in [6, 6.07) is 9.16. The highest BCUT2D eigenvalue weighted by atomic mass is 79.9. The lowest BCUT2D eigenvalue weighted by Crippen LogP contribution is -2.45. The molecule has 2 unspecified atom stereocenters. The Morgan fingerprint density at radius 3 is 2.84 bits per heavy atom. The Labute approximate surface area is 125 Å². The van der Waals surface area contributed by atoms with Crippen LogP contribution in [0.1, 0.15) is 44.1 Å². The maximum Gasteiger partial charge on any atom is 0.0211 e. The zero-order chi connectivity index (χ0) is 13.7. The van der Waals surface area contributed by atoms with Crippen LogP contribution in [0, 0.1) is 0 Å². The van der Waals surface area contributed by atoms with Crippen LogP contribution in [0.3, 0.4) is 0 Å². The number of hydrogen-bond acceptors (Lipinski definition) is 2. The topological polar surface area (TPSA) is 29.3 Å². The highest BCUT2D eigenvalue weighted by molar-refractivity contribution is 9.10. The van der Waals surface area contributed by atoms with Crippen molar-refractivity contribution in [1.82, 2.24) is 4.90 Å². The van der Waals surface area contributed by atoms with Gasteiger partial charge in [-0.3, -0.25) is 4.90 Å². The van der Waals surface area contributed by atoms with Crippen molar-refractivity contribution in [2.75, 3.05) is 19.6 Å². The van der Waals surface area contributed by atoms with E-state index in [-0.39, 0.29) is 0 Å². The molecular formula is C16H25BrN2. The van der Waals surface area contributed by atoms with E-state index in [1.807, 2.05) is 0 Å². The van der Waals surface area contributed by atoms with Crippen LogP contribution in [0.15, 0.2) is 28.7 Å². The minimum Gasteiger partial charge on any atom is -0.330 e. The van der Waals surface area contributed by atoms with E-state index >= 15 is 0 Å². The molecule has 0 aromatic heterocycles. The average Bonchev–Trinajstić information content (AvgIpc) is 2.44. The second-order valence-electron chi connectivity index (χ2n) is 5.46. The number of benzene rings is 1. The molecule has 3 heteroatoms. The molecule has 1 aromatic rings. The Bertz CT molecular complexity index is 392. The molecule has 0 bridgehead atoms. The van der Waals surface area contributed by atoms with Crippen LogP contribution in [-0.4, -0.2) is 30.6 Å². The van der Waals surface area contributed by atoms with E-state index in [0.717, 1.165) is 6.54 Å². The number of halogens is 1. The van der Waals surface area contributed by atoms with Crippen molar-refractivity contribution >= 4 is 15.9 Å². The fraction of sp³-hybridized carbons (Fsp3) is 0.625. The summed E-state index contributed by atoms with van der Waals surface area (Å²) >= 11 is 3.69. The monoisotopic (exact) mass is 324 g/mol. The first-order valence-electron chi connectivity index (χ1n) is 7.46. The van der Waals surface area contributed by atoms with E-state index in [1.54, 1.807) is 0 Å². The van der Waals surface area contributed by atoms with Gasteiger partial charge in [-0.25, -0.2) is 0 Å². The lowest BCUT2D eigenvalue weighted by atomic mass is 9.85. The predicted octanol–water partition coefficient (Wildman–Crippen LogP) is 3.76. The smallest absolute Gasteiger partial charge is 0.0211 e. The zero-order valence-electron chi connectivity index (χ0n) is 11.8. The summed E-state index contributed by atoms with van der Waals surface area (Å²) in [4.78, 5) is 2.65. The van der Waals surface area contributed by atoms with Gasteiger partial charge in [0.15, 0.2) is 0 Å². The Kier molecular flexibility index (Phi) is 5.86. The normalized spacial score (nSPS) is 22.4. The van der Waals surface area contributed by atoms with Crippen LogP contribution in [0.25, 0.3) is 0 Å². The summed E-state index contributed by atoms with van der Waals surface area (Å²) in [6.07, 6.45) is 5.18.